The minimum atomic E-state index is -4.45. The third kappa shape index (κ3) is 6.69. The summed E-state index contributed by atoms with van der Waals surface area (Å²) >= 11 is 0. The molecule has 1 saturated heterocycles. The molecule has 4 rings (SSSR count). The molecule has 0 atom stereocenters. The van der Waals surface area contributed by atoms with E-state index in [0.717, 1.165) is 17.7 Å². The van der Waals surface area contributed by atoms with Crippen molar-refractivity contribution in [3.05, 3.63) is 95.1 Å². The zero-order valence-corrected chi connectivity index (χ0v) is 21.1. The first-order valence-corrected chi connectivity index (χ1v) is 13.4. The van der Waals surface area contributed by atoms with Crippen molar-refractivity contribution in [2.75, 3.05) is 18.0 Å². The van der Waals surface area contributed by atoms with Gasteiger partial charge in [0.25, 0.3) is 5.91 Å². The standard InChI is InChI=1S/C27H28F3N3O3S/c1-19-9-11-23(12-10-19)37(35,36)32-22-13-15-33(16-14-22)25-8-3-2-7-24(25)26(34)31-18-20-5-4-6-21(17-20)27(28,29)30/h2-12,17,22,32H,13-16,18H2,1H3,(H,31,34). The summed E-state index contributed by atoms with van der Waals surface area (Å²) < 4.78 is 67.2. The minimum Gasteiger partial charge on any atom is -0.371 e. The number of rotatable bonds is 7. The quantitative estimate of drug-likeness (QED) is 0.455. The summed E-state index contributed by atoms with van der Waals surface area (Å²) in [6.45, 7) is 2.93. The van der Waals surface area contributed by atoms with Crippen LogP contribution in [0, 0.1) is 6.92 Å². The number of amides is 1. The van der Waals surface area contributed by atoms with Crippen LogP contribution in [0.4, 0.5) is 18.9 Å². The van der Waals surface area contributed by atoms with Gasteiger partial charge in [-0.25, -0.2) is 13.1 Å². The van der Waals surface area contributed by atoms with E-state index in [2.05, 4.69) is 10.0 Å². The Balaban J connectivity index is 1.38. The molecular weight excluding hydrogens is 503 g/mol. The highest BCUT2D eigenvalue weighted by Gasteiger charge is 2.30. The largest absolute Gasteiger partial charge is 0.416 e. The Bertz CT molecular complexity index is 1350. The van der Waals surface area contributed by atoms with Gasteiger partial charge in [0.05, 0.1) is 16.0 Å². The van der Waals surface area contributed by atoms with Crippen molar-refractivity contribution in [1.82, 2.24) is 10.0 Å². The van der Waals surface area contributed by atoms with Crippen LogP contribution >= 0.6 is 0 Å². The van der Waals surface area contributed by atoms with Crippen LogP contribution in [-0.4, -0.2) is 33.5 Å². The highest BCUT2D eigenvalue weighted by Crippen LogP contribution is 2.30. The second kappa shape index (κ2) is 10.9. The van der Waals surface area contributed by atoms with Crippen molar-refractivity contribution >= 4 is 21.6 Å². The fourth-order valence-electron chi connectivity index (χ4n) is 4.32. The number of nitrogens with one attached hydrogen (secondary N) is 2. The van der Waals surface area contributed by atoms with E-state index in [9.17, 15) is 26.4 Å². The Labute approximate surface area is 214 Å². The average molecular weight is 532 g/mol. The SMILES string of the molecule is Cc1ccc(S(=O)(=O)NC2CCN(c3ccccc3C(=O)NCc3cccc(C(F)(F)F)c3)CC2)cc1. The molecule has 37 heavy (non-hydrogen) atoms. The van der Waals surface area contributed by atoms with Gasteiger partial charge < -0.3 is 10.2 Å². The third-order valence-corrected chi connectivity index (χ3v) is 7.88. The Morgan fingerprint density at radius 1 is 0.973 bits per heavy atom. The molecule has 3 aromatic carbocycles. The Morgan fingerprint density at radius 3 is 2.32 bits per heavy atom. The summed E-state index contributed by atoms with van der Waals surface area (Å²) in [5.74, 6) is -0.393. The molecule has 1 aliphatic heterocycles. The molecule has 3 aromatic rings. The number of hydrogen-bond donors (Lipinski definition) is 2. The van der Waals surface area contributed by atoms with Crippen LogP contribution in [0.1, 0.15) is 39.9 Å². The second-order valence-corrected chi connectivity index (χ2v) is 10.8. The zero-order valence-electron chi connectivity index (χ0n) is 20.3. The lowest BCUT2D eigenvalue weighted by Gasteiger charge is -2.34. The van der Waals surface area contributed by atoms with Gasteiger partial charge in [-0.05, 0) is 61.7 Å². The average Bonchev–Trinajstić information content (AvgIpc) is 2.87. The van der Waals surface area contributed by atoms with Crippen LogP contribution < -0.4 is 14.9 Å². The molecule has 196 valence electrons. The lowest BCUT2D eigenvalue weighted by molar-refractivity contribution is -0.137. The van der Waals surface area contributed by atoms with Crippen molar-refractivity contribution in [2.45, 2.75) is 43.4 Å². The second-order valence-electron chi connectivity index (χ2n) is 9.09. The summed E-state index contributed by atoms with van der Waals surface area (Å²) in [4.78, 5) is 15.2. The van der Waals surface area contributed by atoms with Gasteiger partial charge in [0.1, 0.15) is 0 Å². The molecular formula is C27H28F3N3O3S. The van der Waals surface area contributed by atoms with E-state index in [1.165, 1.54) is 12.1 Å². The van der Waals surface area contributed by atoms with Crippen molar-refractivity contribution in [3.63, 3.8) is 0 Å². The van der Waals surface area contributed by atoms with Gasteiger partial charge in [-0.1, -0.05) is 42.0 Å². The number of aryl methyl sites for hydroxylation is 1. The number of anilines is 1. The maximum absolute atomic E-state index is 13.0. The number of benzene rings is 3. The Hall–Kier alpha value is -3.37. The molecule has 0 unspecified atom stereocenters. The van der Waals surface area contributed by atoms with Gasteiger partial charge >= 0.3 is 6.18 Å². The summed E-state index contributed by atoms with van der Waals surface area (Å²) in [5, 5.41) is 2.71. The Kier molecular flexibility index (Phi) is 7.89. The number of carbonyl (C=O) groups excluding carboxylic acids is 1. The smallest absolute Gasteiger partial charge is 0.371 e. The molecule has 1 fully saturated rings. The predicted molar refractivity (Wildman–Crippen MR) is 136 cm³/mol. The molecule has 6 nitrogen and oxygen atoms in total. The normalized spacial score (nSPS) is 15.0. The van der Waals surface area contributed by atoms with Crippen LogP contribution in [0.15, 0.2) is 77.7 Å². The van der Waals surface area contributed by atoms with Gasteiger partial charge in [0.2, 0.25) is 10.0 Å². The first-order valence-electron chi connectivity index (χ1n) is 11.9. The van der Waals surface area contributed by atoms with Crippen LogP contribution in [0.2, 0.25) is 0 Å². The van der Waals surface area contributed by atoms with E-state index in [-0.39, 0.29) is 17.5 Å². The number of halogens is 3. The fourth-order valence-corrected chi connectivity index (χ4v) is 5.62. The molecule has 0 bridgehead atoms. The first kappa shape index (κ1) is 26.7. The van der Waals surface area contributed by atoms with Gasteiger partial charge in [-0.2, -0.15) is 13.2 Å². The van der Waals surface area contributed by atoms with E-state index < -0.39 is 27.7 Å². The summed E-state index contributed by atoms with van der Waals surface area (Å²) in [6.07, 6.45) is -3.33. The summed E-state index contributed by atoms with van der Waals surface area (Å²) in [5.41, 5.74) is 1.67. The fraction of sp³-hybridized carbons (Fsp3) is 0.296. The highest BCUT2D eigenvalue weighted by molar-refractivity contribution is 7.89. The lowest BCUT2D eigenvalue weighted by Crippen LogP contribution is -2.45. The predicted octanol–water partition coefficient (Wildman–Crippen LogP) is 4.89. The van der Waals surface area contributed by atoms with Gasteiger partial charge in [0, 0.05) is 31.4 Å². The maximum Gasteiger partial charge on any atom is 0.416 e. The molecule has 0 saturated carbocycles. The minimum absolute atomic E-state index is 0.0417. The molecule has 0 spiro atoms. The summed E-state index contributed by atoms with van der Waals surface area (Å²) in [6, 6.07) is 18.3. The van der Waals surface area contributed by atoms with E-state index in [0.29, 0.717) is 42.7 Å². The lowest BCUT2D eigenvalue weighted by atomic mass is 10.0. The number of hydrogen-bond acceptors (Lipinski definition) is 4. The van der Waals surface area contributed by atoms with E-state index in [1.807, 2.05) is 24.0 Å². The number of nitrogens with zero attached hydrogens (tertiary/aromatic N) is 1. The van der Waals surface area contributed by atoms with Gasteiger partial charge in [0.15, 0.2) is 0 Å². The van der Waals surface area contributed by atoms with Crippen LogP contribution in [0.25, 0.3) is 0 Å². The number of carbonyl (C=O) groups is 1. The molecule has 1 aliphatic rings. The van der Waals surface area contributed by atoms with Crippen molar-refractivity contribution in [2.24, 2.45) is 0 Å². The monoisotopic (exact) mass is 531 g/mol. The van der Waals surface area contributed by atoms with Crippen molar-refractivity contribution < 1.29 is 26.4 Å². The Morgan fingerprint density at radius 2 is 1.65 bits per heavy atom. The molecule has 0 aromatic heterocycles. The molecule has 1 amide bonds. The van der Waals surface area contributed by atoms with Crippen LogP contribution in [0.3, 0.4) is 0 Å². The number of para-hydroxylation sites is 1. The van der Waals surface area contributed by atoms with E-state index >= 15 is 0 Å². The highest BCUT2D eigenvalue weighted by atomic mass is 32.2. The molecule has 0 aliphatic carbocycles. The topological polar surface area (TPSA) is 78.5 Å². The number of alkyl halides is 3. The van der Waals surface area contributed by atoms with Crippen LogP contribution in [-0.2, 0) is 22.7 Å². The number of piperidine rings is 1. The maximum atomic E-state index is 13.0. The summed E-state index contributed by atoms with van der Waals surface area (Å²) in [7, 11) is -3.63. The van der Waals surface area contributed by atoms with E-state index in [4.69, 9.17) is 0 Å². The molecule has 10 heteroatoms. The molecule has 0 radical (unpaired) electrons. The van der Waals surface area contributed by atoms with Crippen molar-refractivity contribution in [3.8, 4) is 0 Å². The first-order chi connectivity index (χ1) is 17.5. The molecule has 1 heterocycles. The van der Waals surface area contributed by atoms with E-state index in [1.54, 1.807) is 36.4 Å². The zero-order chi connectivity index (χ0) is 26.6. The number of sulfonamides is 1. The van der Waals surface area contributed by atoms with Gasteiger partial charge in [-0.15, -0.1) is 0 Å². The van der Waals surface area contributed by atoms with Crippen molar-refractivity contribution in [1.29, 1.82) is 0 Å². The van der Waals surface area contributed by atoms with Crippen LogP contribution in [0.5, 0.6) is 0 Å². The molecule has 2 N–H and O–H groups in total. The third-order valence-electron chi connectivity index (χ3n) is 6.34. The van der Waals surface area contributed by atoms with Gasteiger partial charge in [-0.3, -0.25) is 4.79 Å².